The van der Waals surface area contributed by atoms with Crippen LogP contribution >= 0.6 is 11.3 Å². The van der Waals surface area contributed by atoms with E-state index in [1.165, 1.54) is 4.88 Å². The minimum Gasteiger partial charge on any atom is -0.391 e. The molecule has 1 spiro atoms. The van der Waals surface area contributed by atoms with Crippen molar-refractivity contribution < 1.29 is 9.90 Å². The number of thiophene rings is 1. The Morgan fingerprint density at radius 1 is 1.31 bits per heavy atom. The van der Waals surface area contributed by atoms with Crippen LogP contribution in [0.2, 0.25) is 0 Å². The Morgan fingerprint density at radius 2 is 2.15 bits per heavy atom. The largest absolute Gasteiger partial charge is 0.391 e. The van der Waals surface area contributed by atoms with E-state index in [4.69, 9.17) is 0 Å². The zero-order valence-electron chi connectivity index (χ0n) is 14.9. The van der Waals surface area contributed by atoms with E-state index in [9.17, 15) is 9.90 Å². The molecule has 0 saturated carbocycles. The molecule has 2 aliphatic rings. The van der Waals surface area contributed by atoms with Crippen molar-refractivity contribution in [2.24, 2.45) is 5.41 Å². The number of carbonyl (C=O) groups is 1. The summed E-state index contributed by atoms with van der Waals surface area (Å²) >= 11 is 1.81. The van der Waals surface area contributed by atoms with Crippen molar-refractivity contribution in [3.63, 3.8) is 0 Å². The van der Waals surface area contributed by atoms with Crippen LogP contribution in [0.25, 0.3) is 0 Å². The van der Waals surface area contributed by atoms with Crippen LogP contribution < -0.4 is 0 Å². The molecule has 1 unspecified atom stereocenters. The molecule has 0 bridgehead atoms. The number of pyridine rings is 1. The molecule has 1 amide bonds. The van der Waals surface area contributed by atoms with E-state index in [1.54, 1.807) is 35.9 Å². The van der Waals surface area contributed by atoms with E-state index in [-0.39, 0.29) is 11.3 Å². The number of amides is 1. The van der Waals surface area contributed by atoms with Gasteiger partial charge in [-0.1, -0.05) is 6.07 Å². The molecular weight excluding hydrogens is 346 g/mol. The molecule has 6 heteroatoms. The van der Waals surface area contributed by atoms with Gasteiger partial charge in [0.15, 0.2) is 0 Å². The maximum atomic E-state index is 12.8. The van der Waals surface area contributed by atoms with Gasteiger partial charge in [0.1, 0.15) is 0 Å². The fourth-order valence-electron chi connectivity index (χ4n) is 4.35. The Kier molecular flexibility index (Phi) is 5.07. The summed E-state index contributed by atoms with van der Waals surface area (Å²) < 4.78 is 0. The molecule has 2 fully saturated rings. The lowest BCUT2D eigenvalue weighted by Gasteiger charge is -2.49. The third-order valence-corrected chi connectivity index (χ3v) is 6.56. The third-order valence-electron chi connectivity index (χ3n) is 5.70. The van der Waals surface area contributed by atoms with Gasteiger partial charge in [0.05, 0.1) is 11.7 Å². The van der Waals surface area contributed by atoms with Gasteiger partial charge in [0.25, 0.3) is 5.91 Å². The molecular formula is C20H25N3O2S. The molecule has 2 aromatic heterocycles. The smallest absolute Gasteiger partial charge is 0.255 e. The fraction of sp³-hybridized carbons (Fsp3) is 0.500. The second-order valence-corrected chi connectivity index (χ2v) is 8.67. The number of piperidine rings is 2. The highest BCUT2D eigenvalue weighted by Crippen LogP contribution is 2.40. The molecule has 1 N–H and O–H groups in total. The number of hydrogen-bond acceptors (Lipinski definition) is 5. The van der Waals surface area contributed by atoms with Crippen molar-refractivity contribution >= 4 is 17.2 Å². The summed E-state index contributed by atoms with van der Waals surface area (Å²) in [5, 5.41) is 12.6. The highest BCUT2D eigenvalue weighted by Gasteiger charge is 2.42. The zero-order valence-corrected chi connectivity index (χ0v) is 15.7. The van der Waals surface area contributed by atoms with Crippen molar-refractivity contribution in [2.75, 3.05) is 26.2 Å². The third kappa shape index (κ3) is 3.82. The second-order valence-electron chi connectivity index (χ2n) is 7.64. The lowest BCUT2D eigenvalue weighted by molar-refractivity contribution is -0.0336. The van der Waals surface area contributed by atoms with Crippen LogP contribution in [0.4, 0.5) is 0 Å². The van der Waals surface area contributed by atoms with Crippen molar-refractivity contribution in [3.8, 4) is 0 Å². The van der Waals surface area contributed by atoms with E-state index < -0.39 is 6.10 Å². The van der Waals surface area contributed by atoms with Gasteiger partial charge < -0.3 is 10.0 Å². The molecule has 1 atom stereocenters. The minimum absolute atomic E-state index is 0.0164. The van der Waals surface area contributed by atoms with Gasteiger partial charge in [0.2, 0.25) is 0 Å². The first kappa shape index (κ1) is 17.6. The van der Waals surface area contributed by atoms with Crippen LogP contribution in [0.3, 0.4) is 0 Å². The van der Waals surface area contributed by atoms with Crippen molar-refractivity contribution in [3.05, 3.63) is 52.5 Å². The molecule has 5 nitrogen and oxygen atoms in total. The Balaban J connectivity index is 1.41. The molecule has 138 valence electrons. The quantitative estimate of drug-likeness (QED) is 0.901. The molecule has 2 saturated heterocycles. The first-order valence-corrected chi connectivity index (χ1v) is 10.1. The lowest BCUT2D eigenvalue weighted by Crippen LogP contribution is -2.55. The molecule has 26 heavy (non-hydrogen) atoms. The first-order chi connectivity index (χ1) is 12.6. The van der Waals surface area contributed by atoms with Crippen LogP contribution in [-0.4, -0.2) is 58.1 Å². The number of likely N-dealkylation sites (tertiary alicyclic amines) is 2. The van der Waals surface area contributed by atoms with Crippen LogP contribution in [-0.2, 0) is 6.54 Å². The Morgan fingerprint density at radius 3 is 2.85 bits per heavy atom. The van der Waals surface area contributed by atoms with Gasteiger partial charge in [0, 0.05) is 36.9 Å². The zero-order chi connectivity index (χ0) is 18.0. The summed E-state index contributed by atoms with van der Waals surface area (Å²) in [5.74, 6) is -0.0164. The van der Waals surface area contributed by atoms with Gasteiger partial charge in [-0.3, -0.25) is 14.7 Å². The number of hydrogen-bond donors (Lipinski definition) is 1. The summed E-state index contributed by atoms with van der Waals surface area (Å²) in [4.78, 5) is 22.6. The van der Waals surface area contributed by atoms with Gasteiger partial charge >= 0.3 is 0 Å². The second kappa shape index (κ2) is 7.47. The predicted molar refractivity (Wildman–Crippen MR) is 102 cm³/mol. The normalized spacial score (nSPS) is 23.3. The Labute approximate surface area is 158 Å². The molecule has 2 aliphatic heterocycles. The molecule has 4 heterocycles. The Bertz CT molecular complexity index is 727. The van der Waals surface area contributed by atoms with Crippen LogP contribution in [0.5, 0.6) is 0 Å². The molecule has 2 aromatic rings. The monoisotopic (exact) mass is 371 g/mol. The molecule has 0 radical (unpaired) electrons. The number of rotatable bonds is 3. The highest BCUT2D eigenvalue weighted by molar-refractivity contribution is 7.09. The molecule has 4 rings (SSSR count). The number of aliphatic hydroxyl groups is 1. The Hall–Kier alpha value is -1.76. The summed E-state index contributed by atoms with van der Waals surface area (Å²) in [6.07, 6.45) is 5.72. The minimum atomic E-state index is -0.437. The highest BCUT2D eigenvalue weighted by atomic mass is 32.1. The average molecular weight is 372 g/mol. The maximum absolute atomic E-state index is 12.8. The number of aliphatic hydroxyl groups excluding tert-OH is 1. The van der Waals surface area contributed by atoms with Gasteiger partial charge in [-0.2, -0.15) is 0 Å². The number of carbonyl (C=O) groups excluding carboxylic acids is 1. The summed E-state index contributed by atoms with van der Waals surface area (Å²) in [7, 11) is 0. The standard InChI is InChI=1S/C20H25N3O2S/c24-17-11-20(5-8-22(9-6-20)14-18-4-2-10-26-18)15-23(13-17)19(25)16-3-1-7-21-12-16/h1-4,7,10,12,17,24H,5-6,8-9,11,13-15H2. The van der Waals surface area contributed by atoms with E-state index >= 15 is 0 Å². The number of aromatic nitrogens is 1. The topological polar surface area (TPSA) is 56.7 Å². The summed E-state index contributed by atoms with van der Waals surface area (Å²) in [6, 6.07) is 7.87. The fourth-order valence-corrected chi connectivity index (χ4v) is 5.10. The summed E-state index contributed by atoms with van der Waals surface area (Å²) in [5.41, 5.74) is 0.647. The number of nitrogens with zero attached hydrogens (tertiary/aromatic N) is 3. The van der Waals surface area contributed by atoms with Crippen LogP contribution in [0, 0.1) is 5.41 Å². The van der Waals surface area contributed by atoms with Crippen molar-refractivity contribution in [2.45, 2.75) is 31.9 Å². The number of β-amino-alcohol motifs (C(OH)–C–C–N with tert-alkyl or cyclic N) is 1. The van der Waals surface area contributed by atoms with E-state index in [2.05, 4.69) is 27.4 Å². The SMILES string of the molecule is O=C(c1cccnc1)N1CC(O)CC2(CCN(Cc3cccs3)CC2)C1. The van der Waals surface area contributed by atoms with Crippen LogP contribution in [0.15, 0.2) is 42.0 Å². The van der Waals surface area contributed by atoms with Gasteiger partial charge in [-0.05, 0) is 61.3 Å². The maximum Gasteiger partial charge on any atom is 0.255 e. The molecule has 0 aromatic carbocycles. The van der Waals surface area contributed by atoms with Gasteiger partial charge in [-0.25, -0.2) is 0 Å². The van der Waals surface area contributed by atoms with E-state index in [0.717, 1.165) is 45.4 Å². The van der Waals surface area contributed by atoms with Crippen LogP contribution in [0.1, 0.15) is 34.5 Å². The lowest BCUT2D eigenvalue weighted by atomic mass is 9.71. The van der Waals surface area contributed by atoms with E-state index in [0.29, 0.717) is 12.1 Å². The van der Waals surface area contributed by atoms with E-state index in [1.807, 2.05) is 4.90 Å². The predicted octanol–water partition coefficient (Wildman–Crippen LogP) is 2.63. The first-order valence-electron chi connectivity index (χ1n) is 9.26. The van der Waals surface area contributed by atoms with Crippen molar-refractivity contribution in [1.82, 2.24) is 14.8 Å². The molecule has 0 aliphatic carbocycles. The van der Waals surface area contributed by atoms with Crippen molar-refractivity contribution in [1.29, 1.82) is 0 Å². The summed E-state index contributed by atoms with van der Waals surface area (Å²) in [6.45, 7) is 4.23. The van der Waals surface area contributed by atoms with Gasteiger partial charge in [-0.15, -0.1) is 11.3 Å². The average Bonchev–Trinajstić information content (AvgIpc) is 3.16.